The van der Waals surface area contributed by atoms with Gasteiger partial charge in [0.1, 0.15) is 5.75 Å². The van der Waals surface area contributed by atoms with E-state index in [-0.39, 0.29) is 20.7 Å². The first-order chi connectivity index (χ1) is 12.2. The molecule has 134 valence electrons. The first-order valence-corrected chi connectivity index (χ1v) is 8.71. The van der Waals surface area contributed by atoms with Crippen molar-refractivity contribution in [2.24, 2.45) is 0 Å². The molecule has 0 unspecified atom stereocenters. The lowest BCUT2D eigenvalue weighted by atomic mass is 10.1. The smallest absolute Gasteiger partial charge is 0.416 e. The van der Waals surface area contributed by atoms with Gasteiger partial charge >= 0.3 is 6.18 Å². The summed E-state index contributed by atoms with van der Waals surface area (Å²) in [5.41, 5.74) is -0.538. The van der Waals surface area contributed by atoms with Crippen LogP contribution in [0.5, 0.6) is 5.75 Å². The van der Waals surface area contributed by atoms with Crippen LogP contribution in [0.1, 0.15) is 11.1 Å². The van der Waals surface area contributed by atoms with E-state index in [0.717, 1.165) is 28.8 Å². The topological polar surface area (TPSA) is 40.5 Å². The van der Waals surface area contributed by atoms with E-state index in [4.69, 9.17) is 23.8 Å². The Hall–Kier alpha value is -2.03. The van der Waals surface area contributed by atoms with Gasteiger partial charge in [-0.05, 0) is 42.5 Å². The molecule has 1 N–H and O–H groups in total. The maximum absolute atomic E-state index is 12.9. The van der Waals surface area contributed by atoms with Crippen LogP contribution in [0.3, 0.4) is 0 Å². The Balaban J connectivity index is 1.97. The van der Waals surface area contributed by atoms with Gasteiger partial charge in [-0.3, -0.25) is 9.69 Å². The number of benzene rings is 2. The van der Waals surface area contributed by atoms with E-state index >= 15 is 0 Å². The summed E-state index contributed by atoms with van der Waals surface area (Å²) >= 11 is 12.0. The summed E-state index contributed by atoms with van der Waals surface area (Å²) < 4.78 is 38.8. The van der Waals surface area contributed by atoms with Gasteiger partial charge in [0.15, 0.2) is 4.32 Å². The molecule has 1 aliphatic heterocycles. The van der Waals surface area contributed by atoms with Crippen LogP contribution in [0, 0.1) is 0 Å². The Morgan fingerprint density at radius 1 is 1.19 bits per heavy atom. The monoisotopic (exact) mass is 415 g/mol. The molecule has 1 aliphatic rings. The highest BCUT2D eigenvalue weighted by Crippen LogP contribution is 2.39. The van der Waals surface area contributed by atoms with Crippen molar-refractivity contribution in [3.8, 4) is 5.75 Å². The van der Waals surface area contributed by atoms with Crippen molar-refractivity contribution in [3.05, 3.63) is 63.5 Å². The van der Waals surface area contributed by atoms with Gasteiger partial charge in [-0.15, -0.1) is 0 Å². The number of thioether (sulfide) groups is 1. The Labute approximate surface area is 161 Å². The van der Waals surface area contributed by atoms with Gasteiger partial charge in [-0.1, -0.05) is 41.6 Å². The predicted octanol–water partition coefficient (Wildman–Crippen LogP) is 5.47. The predicted molar refractivity (Wildman–Crippen MR) is 100 cm³/mol. The minimum atomic E-state index is -4.53. The third kappa shape index (κ3) is 3.72. The quantitative estimate of drug-likeness (QED) is 0.521. The van der Waals surface area contributed by atoms with Gasteiger partial charge in [-0.2, -0.15) is 13.2 Å². The van der Waals surface area contributed by atoms with E-state index in [1.807, 2.05) is 0 Å². The first-order valence-electron chi connectivity index (χ1n) is 7.10. The van der Waals surface area contributed by atoms with Crippen LogP contribution in [0.15, 0.2) is 47.4 Å². The second-order valence-corrected chi connectivity index (χ2v) is 7.38. The number of rotatable bonds is 2. The van der Waals surface area contributed by atoms with E-state index in [0.29, 0.717) is 10.6 Å². The lowest BCUT2D eigenvalue weighted by Crippen LogP contribution is -2.27. The highest BCUT2D eigenvalue weighted by atomic mass is 35.5. The molecule has 3 nitrogen and oxygen atoms in total. The summed E-state index contributed by atoms with van der Waals surface area (Å²) in [7, 11) is 0. The highest BCUT2D eigenvalue weighted by molar-refractivity contribution is 8.27. The number of nitrogens with zero attached hydrogens (tertiary/aromatic N) is 1. The van der Waals surface area contributed by atoms with Crippen LogP contribution < -0.4 is 4.90 Å². The molecule has 1 amide bonds. The zero-order chi connectivity index (χ0) is 19.1. The molecule has 3 rings (SSSR count). The SMILES string of the molecule is O=C1/C(=C\c2cc(Cl)ccc2O)SC(=S)N1c1cccc(C(F)(F)F)c1. The Morgan fingerprint density at radius 2 is 1.92 bits per heavy atom. The molecular formula is C17H9ClF3NO2S2. The Kier molecular flexibility index (Phi) is 5.01. The maximum atomic E-state index is 12.9. The number of phenols is 1. The average Bonchev–Trinajstić information content (AvgIpc) is 2.84. The Bertz CT molecular complexity index is 944. The third-order valence-electron chi connectivity index (χ3n) is 3.50. The molecule has 0 aromatic heterocycles. The number of anilines is 1. The normalized spacial score (nSPS) is 16.6. The van der Waals surface area contributed by atoms with E-state index in [1.54, 1.807) is 0 Å². The van der Waals surface area contributed by atoms with Gasteiger partial charge in [0.25, 0.3) is 5.91 Å². The minimum Gasteiger partial charge on any atom is -0.507 e. The van der Waals surface area contributed by atoms with Crippen molar-refractivity contribution in [2.75, 3.05) is 4.90 Å². The number of phenolic OH excluding ortho intramolecular Hbond substituents is 1. The molecule has 1 fully saturated rings. The van der Waals surface area contributed by atoms with Crippen molar-refractivity contribution >= 4 is 57.6 Å². The molecule has 1 heterocycles. The maximum Gasteiger partial charge on any atom is 0.416 e. The van der Waals surface area contributed by atoms with E-state index < -0.39 is 17.6 Å². The van der Waals surface area contributed by atoms with Gasteiger partial charge in [0.2, 0.25) is 0 Å². The summed E-state index contributed by atoms with van der Waals surface area (Å²) in [6.45, 7) is 0. The van der Waals surface area contributed by atoms with Crippen LogP contribution in [-0.4, -0.2) is 15.3 Å². The second-order valence-electron chi connectivity index (χ2n) is 5.27. The third-order valence-corrected chi connectivity index (χ3v) is 5.04. The number of alkyl halides is 3. The van der Waals surface area contributed by atoms with Crippen molar-refractivity contribution in [1.82, 2.24) is 0 Å². The van der Waals surface area contributed by atoms with Crippen molar-refractivity contribution in [3.63, 3.8) is 0 Å². The standard InChI is InChI=1S/C17H9ClF3NO2S2/c18-11-4-5-13(23)9(6-11)7-14-15(24)22(16(25)26-14)12-3-1-2-10(8-12)17(19,20)21/h1-8,23H/b14-7+. The second kappa shape index (κ2) is 6.94. The number of thiocarbonyl (C=S) groups is 1. The van der Waals surface area contributed by atoms with Crippen LogP contribution in [0.25, 0.3) is 6.08 Å². The van der Waals surface area contributed by atoms with E-state index in [1.165, 1.54) is 36.4 Å². The highest BCUT2D eigenvalue weighted by Gasteiger charge is 2.36. The molecule has 0 atom stereocenters. The number of halogens is 4. The number of hydrogen-bond acceptors (Lipinski definition) is 4. The summed E-state index contributed by atoms with van der Waals surface area (Å²) in [5, 5.41) is 10.2. The number of amides is 1. The molecule has 26 heavy (non-hydrogen) atoms. The van der Waals surface area contributed by atoms with Crippen LogP contribution >= 0.6 is 35.6 Å². The molecule has 0 saturated carbocycles. The Morgan fingerprint density at radius 3 is 2.62 bits per heavy atom. The first kappa shape index (κ1) is 18.8. The molecule has 1 saturated heterocycles. The average molecular weight is 416 g/mol. The molecule has 0 bridgehead atoms. The summed E-state index contributed by atoms with van der Waals surface area (Å²) in [5.74, 6) is -0.655. The van der Waals surface area contributed by atoms with Gasteiger partial charge in [0.05, 0.1) is 16.2 Å². The van der Waals surface area contributed by atoms with E-state index in [9.17, 15) is 23.1 Å². The fraction of sp³-hybridized carbons (Fsp3) is 0.0588. The molecule has 0 spiro atoms. The molecule has 9 heteroatoms. The van der Waals surface area contributed by atoms with Crippen molar-refractivity contribution in [1.29, 1.82) is 0 Å². The van der Waals surface area contributed by atoms with Gasteiger partial charge in [0, 0.05) is 10.6 Å². The largest absolute Gasteiger partial charge is 0.507 e. The number of carbonyl (C=O) groups is 1. The fourth-order valence-corrected chi connectivity index (χ4v) is 3.76. The zero-order valence-electron chi connectivity index (χ0n) is 12.7. The molecule has 0 aliphatic carbocycles. The van der Waals surface area contributed by atoms with E-state index in [2.05, 4.69) is 0 Å². The zero-order valence-corrected chi connectivity index (χ0v) is 15.1. The van der Waals surface area contributed by atoms with Gasteiger partial charge in [-0.25, -0.2) is 0 Å². The number of carbonyl (C=O) groups excluding carboxylic acids is 1. The van der Waals surface area contributed by atoms with Crippen LogP contribution in [-0.2, 0) is 11.0 Å². The van der Waals surface area contributed by atoms with Crippen molar-refractivity contribution in [2.45, 2.75) is 6.18 Å². The van der Waals surface area contributed by atoms with Crippen molar-refractivity contribution < 1.29 is 23.1 Å². The molecule has 2 aromatic rings. The lowest BCUT2D eigenvalue weighted by Gasteiger charge is -2.16. The van der Waals surface area contributed by atoms with Gasteiger partial charge < -0.3 is 5.11 Å². The van der Waals surface area contributed by atoms with Crippen LogP contribution in [0.4, 0.5) is 18.9 Å². The summed E-state index contributed by atoms with van der Waals surface area (Å²) in [6.07, 6.45) is -3.13. The molecule has 0 radical (unpaired) electrons. The fourth-order valence-electron chi connectivity index (χ4n) is 2.29. The summed E-state index contributed by atoms with van der Waals surface area (Å²) in [4.78, 5) is 13.8. The van der Waals surface area contributed by atoms with Crippen LogP contribution in [0.2, 0.25) is 5.02 Å². The number of hydrogen-bond donors (Lipinski definition) is 1. The summed E-state index contributed by atoms with van der Waals surface area (Å²) in [6, 6.07) is 8.70. The molecular weight excluding hydrogens is 407 g/mol. The molecule has 2 aromatic carbocycles. The lowest BCUT2D eigenvalue weighted by molar-refractivity contribution is -0.137. The number of aromatic hydroxyl groups is 1. The minimum absolute atomic E-state index is 0.0287.